The molecule has 1 aliphatic rings. The Morgan fingerprint density at radius 2 is 2.24 bits per heavy atom. The van der Waals surface area contributed by atoms with E-state index in [2.05, 4.69) is 20.9 Å². The van der Waals surface area contributed by atoms with Crippen LogP contribution in [0.5, 0.6) is 0 Å². The largest absolute Gasteiger partial charge is 0.453 e. The van der Waals surface area contributed by atoms with E-state index in [9.17, 15) is 9.59 Å². The van der Waals surface area contributed by atoms with Crippen LogP contribution in [-0.2, 0) is 27.3 Å². The number of hydrogen-bond acceptors (Lipinski definition) is 5. The fourth-order valence-corrected chi connectivity index (χ4v) is 3.08. The van der Waals surface area contributed by atoms with Gasteiger partial charge in [0.1, 0.15) is 0 Å². The van der Waals surface area contributed by atoms with Crippen molar-refractivity contribution in [1.82, 2.24) is 9.97 Å². The van der Waals surface area contributed by atoms with Gasteiger partial charge in [-0.2, -0.15) is 0 Å². The number of anilines is 2. The molecule has 1 aromatic carbocycles. The molecule has 0 aliphatic carbocycles. The molecule has 0 radical (unpaired) electrons. The van der Waals surface area contributed by atoms with Gasteiger partial charge < -0.3 is 19.5 Å². The summed E-state index contributed by atoms with van der Waals surface area (Å²) in [6.45, 7) is 4.56. The Morgan fingerprint density at radius 1 is 1.44 bits per heavy atom. The van der Waals surface area contributed by atoms with Crippen molar-refractivity contribution in [3.8, 4) is 0 Å². The van der Waals surface area contributed by atoms with Crippen LogP contribution >= 0.6 is 0 Å². The summed E-state index contributed by atoms with van der Waals surface area (Å²) in [4.78, 5) is 34.5. The summed E-state index contributed by atoms with van der Waals surface area (Å²) in [5, 5.41) is 0. The number of imidazole rings is 1. The predicted octanol–water partition coefficient (Wildman–Crippen LogP) is 1.89. The highest BCUT2D eigenvalue weighted by Gasteiger charge is 2.24. The average molecular weight is 342 g/mol. The Kier molecular flexibility index (Phi) is 4.74. The molecule has 0 saturated carbocycles. The second-order valence-electron chi connectivity index (χ2n) is 6.21. The van der Waals surface area contributed by atoms with E-state index in [4.69, 9.17) is 4.74 Å². The lowest BCUT2D eigenvalue weighted by Crippen LogP contribution is -2.37. The number of fused-ring (bicyclic) bond motifs is 1. The first-order valence-electron chi connectivity index (χ1n) is 8.25. The number of esters is 1. The van der Waals surface area contributed by atoms with Crippen LogP contribution in [0.3, 0.4) is 0 Å². The number of carbonyl (C=O) groups is 2. The fraction of sp³-hybridized carbons (Fsp3) is 0.389. The van der Waals surface area contributed by atoms with Crippen LogP contribution in [0.2, 0.25) is 0 Å². The van der Waals surface area contributed by atoms with Crippen LogP contribution in [0.1, 0.15) is 25.1 Å². The third-order valence-electron chi connectivity index (χ3n) is 4.39. The van der Waals surface area contributed by atoms with E-state index in [0.717, 1.165) is 36.6 Å². The number of nitrogens with one attached hydrogen (secondary N) is 1. The highest BCUT2D eigenvalue weighted by atomic mass is 16.5. The van der Waals surface area contributed by atoms with Gasteiger partial charge in [0.15, 0.2) is 6.10 Å². The average Bonchev–Trinajstić information content (AvgIpc) is 3.23. The summed E-state index contributed by atoms with van der Waals surface area (Å²) in [5.74, 6) is -0.720. The standard InChI is InChI=1S/C18H22N4O3/c1-12(25-13(2)23)18(24)21(3)16-5-4-14-6-7-22(17(14)8-16)10-15-9-19-11-20-15/h4-5,8-9,11-12H,6-7,10H2,1-3H3,(H,19,20)/t12-/m0/s1. The Bertz CT molecular complexity index is 773. The summed E-state index contributed by atoms with van der Waals surface area (Å²) in [7, 11) is 1.69. The molecule has 1 atom stereocenters. The van der Waals surface area contributed by atoms with Gasteiger partial charge in [-0.05, 0) is 31.0 Å². The molecule has 0 fully saturated rings. The van der Waals surface area contributed by atoms with Crippen molar-refractivity contribution in [3.05, 3.63) is 42.0 Å². The number of carbonyl (C=O) groups excluding carboxylic acids is 2. The summed E-state index contributed by atoms with van der Waals surface area (Å²) < 4.78 is 4.99. The van der Waals surface area contributed by atoms with Crippen LogP contribution in [0.4, 0.5) is 11.4 Å². The number of rotatable bonds is 5. The molecule has 1 aromatic heterocycles. The van der Waals surface area contributed by atoms with Crippen LogP contribution < -0.4 is 9.80 Å². The third kappa shape index (κ3) is 3.65. The zero-order valence-corrected chi connectivity index (χ0v) is 14.7. The molecule has 2 heterocycles. The Morgan fingerprint density at radius 3 is 2.92 bits per heavy atom. The van der Waals surface area contributed by atoms with Gasteiger partial charge in [-0.15, -0.1) is 0 Å². The lowest BCUT2D eigenvalue weighted by Gasteiger charge is -2.24. The van der Waals surface area contributed by atoms with E-state index >= 15 is 0 Å². The van der Waals surface area contributed by atoms with Crippen molar-refractivity contribution in [2.45, 2.75) is 32.9 Å². The minimum absolute atomic E-state index is 0.256. The number of aromatic amines is 1. The maximum atomic E-state index is 12.4. The molecular formula is C18H22N4O3. The van der Waals surface area contributed by atoms with Gasteiger partial charge in [0.05, 0.1) is 18.6 Å². The normalized spacial score (nSPS) is 14.1. The molecule has 25 heavy (non-hydrogen) atoms. The van der Waals surface area contributed by atoms with Crippen molar-refractivity contribution < 1.29 is 14.3 Å². The number of nitrogens with zero attached hydrogens (tertiary/aromatic N) is 3. The highest BCUT2D eigenvalue weighted by molar-refractivity contribution is 5.97. The smallest absolute Gasteiger partial charge is 0.303 e. The monoisotopic (exact) mass is 342 g/mol. The van der Waals surface area contributed by atoms with Crippen LogP contribution in [0.25, 0.3) is 0 Å². The molecular weight excluding hydrogens is 320 g/mol. The fourth-order valence-electron chi connectivity index (χ4n) is 3.08. The minimum Gasteiger partial charge on any atom is -0.453 e. The van der Waals surface area contributed by atoms with Crippen LogP contribution in [0.15, 0.2) is 30.7 Å². The highest BCUT2D eigenvalue weighted by Crippen LogP contribution is 2.33. The summed E-state index contributed by atoms with van der Waals surface area (Å²) in [6, 6.07) is 5.99. The van der Waals surface area contributed by atoms with Gasteiger partial charge in [0.2, 0.25) is 0 Å². The molecule has 2 aromatic rings. The van der Waals surface area contributed by atoms with Gasteiger partial charge in [-0.3, -0.25) is 9.59 Å². The molecule has 3 rings (SSSR count). The summed E-state index contributed by atoms with van der Waals surface area (Å²) in [6.07, 6.45) is 3.66. The lowest BCUT2D eigenvalue weighted by molar-refractivity contribution is -0.151. The van der Waals surface area contributed by atoms with Crippen molar-refractivity contribution in [3.63, 3.8) is 0 Å². The number of benzene rings is 1. The first-order valence-corrected chi connectivity index (χ1v) is 8.25. The molecule has 0 bridgehead atoms. The van der Waals surface area contributed by atoms with E-state index in [-0.39, 0.29) is 5.91 Å². The number of H-pyrrole nitrogens is 1. The zero-order chi connectivity index (χ0) is 18.0. The maximum absolute atomic E-state index is 12.4. The minimum atomic E-state index is -0.808. The Hall–Kier alpha value is -2.83. The van der Waals surface area contributed by atoms with Gasteiger partial charge >= 0.3 is 5.97 Å². The topological polar surface area (TPSA) is 78.5 Å². The van der Waals surface area contributed by atoms with Crippen molar-refractivity contribution in [2.24, 2.45) is 0 Å². The van der Waals surface area contributed by atoms with E-state index in [0.29, 0.717) is 0 Å². The van der Waals surface area contributed by atoms with Crippen molar-refractivity contribution in [2.75, 3.05) is 23.4 Å². The molecule has 7 nitrogen and oxygen atoms in total. The van der Waals surface area contributed by atoms with E-state index in [1.165, 1.54) is 17.4 Å². The maximum Gasteiger partial charge on any atom is 0.303 e. The number of hydrogen-bond donors (Lipinski definition) is 1. The van der Waals surface area contributed by atoms with E-state index in [1.54, 1.807) is 20.3 Å². The summed E-state index contributed by atoms with van der Waals surface area (Å²) >= 11 is 0. The summed E-state index contributed by atoms with van der Waals surface area (Å²) in [5.41, 5.74) is 4.20. The van der Waals surface area contributed by atoms with Gasteiger partial charge in [-0.25, -0.2) is 4.98 Å². The van der Waals surface area contributed by atoms with Crippen LogP contribution in [0, 0.1) is 0 Å². The molecule has 1 aliphatic heterocycles. The van der Waals surface area contributed by atoms with Gasteiger partial charge in [0, 0.05) is 38.1 Å². The quantitative estimate of drug-likeness (QED) is 0.840. The van der Waals surface area contributed by atoms with Crippen LogP contribution in [-0.4, -0.2) is 41.5 Å². The number of aromatic nitrogens is 2. The van der Waals surface area contributed by atoms with Gasteiger partial charge in [-0.1, -0.05) is 6.07 Å². The molecule has 0 unspecified atom stereocenters. The van der Waals surface area contributed by atoms with Crippen molar-refractivity contribution in [1.29, 1.82) is 0 Å². The van der Waals surface area contributed by atoms with Gasteiger partial charge in [0.25, 0.3) is 5.91 Å². The Balaban J connectivity index is 1.78. The zero-order valence-electron chi connectivity index (χ0n) is 14.7. The molecule has 7 heteroatoms. The predicted molar refractivity (Wildman–Crippen MR) is 94.4 cm³/mol. The Labute approximate surface area is 146 Å². The lowest BCUT2D eigenvalue weighted by atomic mass is 10.1. The molecule has 1 N–H and O–H groups in total. The van der Waals surface area contributed by atoms with E-state index < -0.39 is 12.1 Å². The molecule has 132 valence electrons. The number of amides is 1. The second kappa shape index (κ2) is 6.96. The molecule has 0 saturated heterocycles. The van der Waals surface area contributed by atoms with Crippen molar-refractivity contribution >= 4 is 23.3 Å². The SMILES string of the molecule is CC(=O)O[C@@H](C)C(=O)N(C)c1ccc2c(c1)N(Cc1cnc[nH]1)CC2. The third-order valence-corrected chi connectivity index (χ3v) is 4.39. The number of ether oxygens (including phenoxy) is 1. The second-order valence-corrected chi connectivity index (χ2v) is 6.21. The molecule has 0 spiro atoms. The first kappa shape index (κ1) is 17.0. The number of likely N-dealkylation sites (N-methyl/N-ethyl adjacent to an activating group) is 1. The van der Waals surface area contributed by atoms with E-state index in [1.807, 2.05) is 18.3 Å². The molecule has 1 amide bonds. The first-order chi connectivity index (χ1) is 12.0.